The van der Waals surface area contributed by atoms with Gasteiger partial charge >= 0.3 is 0 Å². The van der Waals surface area contributed by atoms with Gasteiger partial charge in [-0.25, -0.2) is 0 Å². The van der Waals surface area contributed by atoms with Crippen LogP contribution < -0.4 is 10.1 Å². The van der Waals surface area contributed by atoms with Crippen molar-refractivity contribution < 1.29 is 0 Å². The van der Waals surface area contributed by atoms with Gasteiger partial charge in [0.05, 0.1) is 15.9 Å². The SMILES string of the molecule is CC(c1ccc(N2CCCCC2)s1)=c1c(-c2ccccn2)nn2nnnc12. The number of piperidine rings is 1. The predicted molar refractivity (Wildman–Crippen MR) is 106 cm³/mol. The molecule has 8 heteroatoms. The van der Waals surface area contributed by atoms with Gasteiger partial charge in [-0.3, -0.25) is 4.98 Å². The van der Waals surface area contributed by atoms with E-state index in [4.69, 9.17) is 0 Å². The number of rotatable bonds is 3. The second-order valence-corrected chi connectivity index (χ2v) is 7.80. The fourth-order valence-electron chi connectivity index (χ4n) is 3.61. The molecular formula is C19H19N7S. The monoisotopic (exact) mass is 377 g/mol. The summed E-state index contributed by atoms with van der Waals surface area (Å²) in [5.74, 6) is 0. The number of hydrogen-bond acceptors (Lipinski definition) is 7. The van der Waals surface area contributed by atoms with E-state index in [1.807, 2.05) is 29.5 Å². The smallest absolute Gasteiger partial charge is 0.209 e. The lowest BCUT2D eigenvalue weighted by Gasteiger charge is -2.27. The largest absolute Gasteiger partial charge is 0.363 e. The Balaban J connectivity index is 1.66. The average Bonchev–Trinajstić information content (AvgIpc) is 3.44. The second-order valence-electron chi connectivity index (χ2n) is 6.74. The number of aromatic nitrogens is 6. The molecule has 136 valence electrons. The Morgan fingerprint density at radius 3 is 2.78 bits per heavy atom. The minimum Gasteiger partial charge on any atom is -0.363 e. The third kappa shape index (κ3) is 2.86. The molecule has 4 aromatic rings. The van der Waals surface area contributed by atoms with E-state index in [0.29, 0.717) is 5.65 Å². The van der Waals surface area contributed by atoms with Crippen LogP contribution in [0.1, 0.15) is 31.1 Å². The Morgan fingerprint density at radius 2 is 1.96 bits per heavy atom. The van der Waals surface area contributed by atoms with Gasteiger partial charge in [0, 0.05) is 24.2 Å². The third-order valence-corrected chi connectivity index (χ3v) is 6.29. The van der Waals surface area contributed by atoms with E-state index < -0.39 is 0 Å². The number of pyridine rings is 1. The Hall–Kier alpha value is -2.87. The van der Waals surface area contributed by atoms with Crippen LogP contribution in [-0.4, -0.2) is 43.3 Å². The Kier molecular flexibility index (Phi) is 4.05. The van der Waals surface area contributed by atoms with E-state index in [9.17, 15) is 0 Å². The minimum absolute atomic E-state index is 0.668. The summed E-state index contributed by atoms with van der Waals surface area (Å²) in [7, 11) is 0. The van der Waals surface area contributed by atoms with Crippen LogP contribution in [0.25, 0.3) is 22.6 Å². The van der Waals surface area contributed by atoms with Gasteiger partial charge in [-0.05, 0) is 66.5 Å². The lowest BCUT2D eigenvalue weighted by atomic mass is 10.1. The van der Waals surface area contributed by atoms with Gasteiger partial charge < -0.3 is 4.90 Å². The standard InChI is InChI=1S/C19H19N7S/c1-13(15-8-9-16(27-15)25-11-5-2-6-12-25)17-18(14-7-3-4-10-20-14)22-26-19(17)21-23-24-26/h3-4,7-10H,2,5-6,11-12H2,1H3. The predicted octanol–water partition coefficient (Wildman–Crippen LogP) is 2.57. The Morgan fingerprint density at radius 1 is 1.07 bits per heavy atom. The normalized spacial score (nSPS) is 16.1. The van der Waals surface area contributed by atoms with E-state index in [0.717, 1.165) is 35.3 Å². The van der Waals surface area contributed by atoms with Gasteiger partial charge in [0.25, 0.3) is 0 Å². The van der Waals surface area contributed by atoms with Gasteiger partial charge in [-0.1, -0.05) is 6.07 Å². The topological polar surface area (TPSA) is 72.1 Å². The van der Waals surface area contributed by atoms with Gasteiger partial charge in [-0.2, -0.15) is 0 Å². The first kappa shape index (κ1) is 16.3. The van der Waals surface area contributed by atoms with Crippen molar-refractivity contribution >= 4 is 27.6 Å². The molecule has 0 spiro atoms. The molecule has 0 aliphatic carbocycles. The number of fused-ring (bicyclic) bond motifs is 1. The molecule has 7 nitrogen and oxygen atoms in total. The number of hydrogen-bond donors (Lipinski definition) is 0. The summed E-state index contributed by atoms with van der Waals surface area (Å²) in [6.45, 7) is 4.41. The third-order valence-electron chi connectivity index (χ3n) is 5.02. The summed E-state index contributed by atoms with van der Waals surface area (Å²) in [5.41, 5.74) is 3.40. The number of tetrazole rings is 1. The molecule has 5 rings (SSSR count). The molecule has 0 atom stereocenters. The molecule has 27 heavy (non-hydrogen) atoms. The van der Waals surface area contributed by atoms with Crippen LogP contribution in [0.5, 0.6) is 0 Å². The van der Waals surface area contributed by atoms with Crippen LogP contribution in [0, 0.1) is 0 Å². The zero-order valence-electron chi connectivity index (χ0n) is 15.0. The summed E-state index contributed by atoms with van der Waals surface area (Å²) >= 11 is 1.82. The molecular weight excluding hydrogens is 358 g/mol. The summed E-state index contributed by atoms with van der Waals surface area (Å²) in [4.78, 5) is 8.17. The minimum atomic E-state index is 0.668. The van der Waals surface area contributed by atoms with Crippen molar-refractivity contribution in [3.8, 4) is 11.4 Å². The van der Waals surface area contributed by atoms with Gasteiger partial charge in [0.2, 0.25) is 5.65 Å². The number of nitrogens with zero attached hydrogens (tertiary/aromatic N) is 7. The molecule has 0 amide bonds. The highest BCUT2D eigenvalue weighted by molar-refractivity contribution is 7.17. The molecule has 0 unspecified atom stereocenters. The number of thiophene rings is 1. The van der Waals surface area contributed by atoms with Crippen LogP contribution in [0.15, 0.2) is 36.5 Å². The van der Waals surface area contributed by atoms with Gasteiger partial charge in [-0.15, -0.1) is 26.2 Å². The van der Waals surface area contributed by atoms with Crippen LogP contribution in [-0.2, 0) is 0 Å². The zero-order valence-corrected chi connectivity index (χ0v) is 15.9. The summed E-state index contributed by atoms with van der Waals surface area (Å²) in [6.07, 6.45) is 5.67. The first-order chi connectivity index (χ1) is 13.3. The van der Waals surface area contributed by atoms with Crippen LogP contribution in [0.4, 0.5) is 5.00 Å². The van der Waals surface area contributed by atoms with Crippen LogP contribution >= 0.6 is 11.3 Å². The summed E-state index contributed by atoms with van der Waals surface area (Å²) in [6, 6.07) is 10.2. The zero-order chi connectivity index (χ0) is 18.2. The molecule has 0 radical (unpaired) electrons. The van der Waals surface area contributed by atoms with Crippen molar-refractivity contribution in [2.24, 2.45) is 0 Å². The second kappa shape index (κ2) is 6.70. The molecule has 1 fully saturated rings. The van der Waals surface area contributed by atoms with Crippen molar-refractivity contribution in [3.05, 3.63) is 46.6 Å². The van der Waals surface area contributed by atoms with E-state index in [-0.39, 0.29) is 0 Å². The Labute approximate surface area is 160 Å². The highest BCUT2D eigenvalue weighted by Crippen LogP contribution is 2.32. The highest BCUT2D eigenvalue weighted by Gasteiger charge is 2.18. The molecule has 0 N–H and O–H groups in total. The maximum atomic E-state index is 4.58. The van der Waals surface area contributed by atoms with E-state index in [2.05, 4.69) is 49.6 Å². The maximum absolute atomic E-state index is 4.58. The first-order valence-electron chi connectivity index (χ1n) is 9.17. The van der Waals surface area contributed by atoms with Gasteiger partial charge in [0.15, 0.2) is 0 Å². The lowest BCUT2D eigenvalue weighted by Crippen LogP contribution is -2.28. The van der Waals surface area contributed by atoms with Crippen molar-refractivity contribution in [2.75, 3.05) is 18.0 Å². The van der Waals surface area contributed by atoms with E-state index in [1.165, 1.54) is 33.8 Å². The van der Waals surface area contributed by atoms with E-state index in [1.54, 1.807) is 6.20 Å². The highest BCUT2D eigenvalue weighted by atomic mass is 32.1. The molecule has 4 aromatic heterocycles. The lowest BCUT2D eigenvalue weighted by molar-refractivity contribution is 0.580. The first-order valence-corrected chi connectivity index (χ1v) is 9.98. The average molecular weight is 377 g/mol. The maximum Gasteiger partial charge on any atom is 0.209 e. The summed E-state index contributed by atoms with van der Waals surface area (Å²) in [5, 5.41) is 18.8. The molecule has 5 heterocycles. The van der Waals surface area contributed by atoms with Crippen molar-refractivity contribution in [1.29, 1.82) is 0 Å². The van der Waals surface area contributed by atoms with Gasteiger partial charge in [0.1, 0.15) is 5.69 Å². The van der Waals surface area contributed by atoms with Crippen LogP contribution in [0.3, 0.4) is 0 Å². The molecule has 1 aliphatic rings. The van der Waals surface area contributed by atoms with Crippen molar-refractivity contribution in [3.63, 3.8) is 0 Å². The number of anilines is 1. The van der Waals surface area contributed by atoms with Crippen molar-refractivity contribution in [1.82, 2.24) is 30.2 Å². The molecule has 0 saturated carbocycles. The Bertz CT molecular complexity index is 1130. The van der Waals surface area contributed by atoms with Crippen LogP contribution in [0.2, 0.25) is 0 Å². The molecule has 0 aromatic carbocycles. The molecule has 0 bridgehead atoms. The van der Waals surface area contributed by atoms with Crippen molar-refractivity contribution in [2.45, 2.75) is 26.2 Å². The fourth-order valence-corrected chi connectivity index (χ4v) is 4.68. The molecule has 1 saturated heterocycles. The quantitative estimate of drug-likeness (QED) is 0.546. The fraction of sp³-hybridized carbons (Fsp3) is 0.316. The molecule has 1 aliphatic heterocycles. The summed E-state index contributed by atoms with van der Waals surface area (Å²) < 4.78 is 1.49. The van der Waals surface area contributed by atoms with E-state index >= 15 is 0 Å².